The van der Waals surface area contributed by atoms with E-state index < -0.39 is 0 Å². The van der Waals surface area contributed by atoms with Crippen LogP contribution < -0.4 is 10.2 Å². The molecule has 0 radical (unpaired) electrons. The smallest absolute Gasteiger partial charge is 0.225 e. The van der Waals surface area contributed by atoms with E-state index in [1.807, 2.05) is 41.2 Å². The van der Waals surface area contributed by atoms with E-state index in [0.717, 1.165) is 30.6 Å². The average Bonchev–Trinajstić information content (AvgIpc) is 3.22. The number of amides is 1. The van der Waals surface area contributed by atoms with Gasteiger partial charge in [0.25, 0.3) is 0 Å². The summed E-state index contributed by atoms with van der Waals surface area (Å²) in [5.41, 5.74) is 1.98. The van der Waals surface area contributed by atoms with Gasteiger partial charge in [0.05, 0.1) is 17.8 Å². The van der Waals surface area contributed by atoms with Gasteiger partial charge in [-0.3, -0.25) is 4.79 Å². The number of aromatic nitrogens is 4. The number of piperidine rings is 1. The van der Waals surface area contributed by atoms with Crippen molar-refractivity contribution in [3.05, 3.63) is 66.7 Å². The highest BCUT2D eigenvalue weighted by Gasteiger charge is 2.26. The third kappa shape index (κ3) is 4.13. The maximum absolute atomic E-state index is 12.6. The lowest BCUT2D eigenvalue weighted by molar-refractivity contribution is -0.125. The normalized spacial score (nSPS) is 16.9. The van der Waals surface area contributed by atoms with Crippen molar-refractivity contribution in [1.29, 1.82) is 0 Å². The maximum atomic E-state index is 12.6. The molecule has 1 N–H and O–H groups in total. The molecule has 1 aliphatic heterocycles. The Hall–Kier alpha value is -3.22. The number of nitrogens with one attached hydrogen (secondary N) is 1. The lowest BCUT2D eigenvalue weighted by Gasteiger charge is -2.31. The Morgan fingerprint density at radius 1 is 1.15 bits per heavy atom. The highest BCUT2D eigenvalue weighted by Crippen LogP contribution is 2.20. The van der Waals surface area contributed by atoms with Crippen molar-refractivity contribution in [3.8, 4) is 5.69 Å². The van der Waals surface area contributed by atoms with Crippen LogP contribution in [0.25, 0.3) is 5.69 Å². The molecule has 27 heavy (non-hydrogen) atoms. The SMILES string of the molecule is O=C(NCc1cnn(-c2ccccc2)c1)C1CCCN(c2ncccn2)C1. The summed E-state index contributed by atoms with van der Waals surface area (Å²) in [7, 11) is 0. The Balaban J connectivity index is 1.33. The molecule has 0 spiro atoms. The van der Waals surface area contributed by atoms with Crippen LogP contribution in [0, 0.1) is 5.92 Å². The molecule has 1 aromatic carbocycles. The van der Waals surface area contributed by atoms with Gasteiger partial charge in [-0.15, -0.1) is 0 Å². The molecule has 138 valence electrons. The Labute approximate surface area is 158 Å². The van der Waals surface area contributed by atoms with Crippen molar-refractivity contribution in [1.82, 2.24) is 25.1 Å². The molecule has 1 saturated heterocycles. The van der Waals surface area contributed by atoms with Gasteiger partial charge < -0.3 is 10.2 Å². The van der Waals surface area contributed by atoms with Crippen LogP contribution in [0.15, 0.2) is 61.2 Å². The summed E-state index contributed by atoms with van der Waals surface area (Å²) < 4.78 is 1.82. The topological polar surface area (TPSA) is 75.9 Å². The molecular formula is C20H22N6O. The summed E-state index contributed by atoms with van der Waals surface area (Å²) in [4.78, 5) is 23.3. The first-order valence-electron chi connectivity index (χ1n) is 9.18. The Bertz CT molecular complexity index is 880. The molecule has 1 unspecified atom stereocenters. The van der Waals surface area contributed by atoms with E-state index in [1.54, 1.807) is 24.7 Å². The largest absolute Gasteiger partial charge is 0.352 e. The van der Waals surface area contributed by atoms with Crippen molar-refractivity contribution >= 4 is 11.9 Å². The summed E-state index contributed by atoms with van der Waals surface area (Å²) in [6.45, 7) is 2.01. The second kappa shape index (κ2) is 7.99. The molecule has 7 heteroatoms. The van der Waals surface area contributed by atoms with Gasteiger partial charge in [-0.2, -0.15) is 5.10 Å². The molecule has 4 rings (SSSR count). The van der Waals surface area contributed by atoms with E-state index in [4.69, 9.17) is 0 Å². The van der Waals surface area contributed by atoms with Gasteiger partial charge in [0.2, 0.25) is 11.9 Å². The van der Waals surface area contributed by atoms with Crippen LogP contribution in [-0.4, -0.2) is 38.7 Å². The zero-order valence-corrected chi connectivity index (χ0v) is 15.0. The monoisotopic (exact) mass is 362 g/mol. The van der Waals surface area contributed by atoms with Gasteiger partial charge in [-0.05, 0) is 31.0 Å². The third-order valence-corrected chi connectivity index (χ3v) is 4.75. The minimum absolute atomic E-state index is 0.0493. The summed E-state index contributed by atoms with van der Waals surface area (Å²) >= 11 is 0. The van der Waals surface area contributed by atoms with Crippen LogP contribution in [0.4, 0.5) is 5.95 Å². The van der Waals surface area contributed by atoms with Gasteiger partial charge >= 0.3 is 0 Å². The van der Waals surface area contributed by atoms with Crippen LogP contribution in [0.3, 0.4) is 0 Å². The van der Waals surface area contributed by atoms with Gasteiger partial charge in [0.1, 0.15) is 0 Å². The van der Waals surface area contributed by atoms with Crippen LogP contribution in [-0.2, 0) is 11.3 Å². The second-order valence-corrected chi connectivity index (χ2v) is 6.68. The lowest BCUT2D eigenvalue weighted by atomic mass is 9.97. The molecule has 2 aromatic heterocycles. The van der Waals surface area contributed by atoms with Crippen LogP contribution in [0.2, 0.25) is 0 Å². The summed E-state index contributed by atoms with van der Waals surface area (Å²) in [5, 5.41) is 7.41. The molecule has 1 aliphatic rings. The number of anilines is 1. The predicted octanol–water partition coefficient (Wildman–Crippen LogP) is 2.20. The van der Waals surface area contributed by atoms with E-state index in [-0.39, 0.29) is 11.8 Å². The van der Waals surface area contributed by atoms with Crippen molar-refractivity contribution in [2.24, 2.45) is 5.92 Å². The minimum Gasteiger partial charge on any atom is -0.352 e. The molecule has 3 aromatic rings. The van der Waals surface area contributed by atoms with E-state index in [2.05, 4.69) is 25.3 Å². The first-order valence-corrected chi connectivity index (χ1v) is 9.18. The fourth-order valence-corrected chi connectivity index (χ4v) is 3.33. The predicted molar refractivity (Wildman–Crippen MR) is 102 cm³/mol. The Morgan fingerprint density at radius 3 is 2.78 bits per heavy atom. The first kappa shape index (κ1) is 17.2. The van der Waals surface area contributed by atoms with Crippen molar-refractivity contribution in [2.45, 2.75) is 19.4 Å². The highest BCUT2D eigenvalue weighted by molar-refractivity contribution is 5.79. The third-order valence-electron chi connectivity index (χ3n) is 4.75. The summed E-state index contributed by atoms with van der Waals surface area (Å²) in [5.74, 6) is 0.717. The number of carbonyl (C=O) groups excluding carboxylic acids is 1. The minimum atomic E-state index is -0.0493. The number of para-hydroxylation sites is 1. The van der Waals surface area contributed by atoms with Gasteiger partial charge in [-0.1, -0.05) is 18.2 Å². The molecule has 0 bridgehead atoms. The first-order chi connectivity index (χ1) is 13.3. The molecule has 3 heterocycles. The molecule has 1 fully saturated rings. The van der Waals surface area contributed by atoms with E-state index >= 15 is 0 Å². The number of nitrogens with zero attached hydrogens (tertiary/aromatic N) is 5. The standard InChI is InChI=1S/C20H22N6O/c27-19(17-6-4-11-25(15-17)20-21-9-5-10-22-20)23-12-16-13-24-26(14-16)18-7-2-1-3-8-18/h1-3,5,7-10,13-14,17H,4,6,11-12,15H2,(H,23,27). The van der Waals surface area contributed by atoms with Crippen molar-refractivity contribution in [2.75, 3.05) is 18.0 Å². The van der Waals surface area contributed by atoms with Crippen molar-refractivity contribution < 1.29 is 4.79 Å². The fraction of sp³-hybridized carbons (Fsp3) is 0.300. The van der Waals surface area contributed by atoms with E-state index in [9.17, 15) is 4.79 Å². The Kier molecular flexibility index (Phi) is 5.09. The molecule has 1 atom stereocenters. The van der Waals surface area contributed by atoms with Gasteiger partial charge in [-0.25, -0.2) is 14.6 Å². The zero-order chi connectivity index (χ0) is 18.5. The molecule has 1 amide bonds. The highest BCUT2D eigenvalue weighted by atomic mass is 16.1. The lowest BCUT2D eigenvalue weighted by Crippen LogP contribution is -2.43. The maximum Gasteiger partial charge on any atom is 0.225 e. The summed E-state index contributed by atoms with van der Waals surface area (Å²) in [6.07, 6.45) is 9.05. The molecule has 7 nitrogen and oxygen atoms in total. The second-order valence-electron chi connectivity index (χ2n) is 6.68. The molecular weight excluding hydrogens is 340 g/mol. The number of rotatable bonds is 5. The Morgan fingerprint density at radius 2 is 1.96 bits per heavy atom. The van der Waals surface area contributed by atoms with Crippen molar-refractivity contribution in [3.63, 3.8) is 0 Å². The number of hydrogen-bond acceptors (Lipinski definition) is 5. The van der Waals surface area contributed by atoms with Gasteiger partial charge in [0, 0.05) is 43.8 Å². The van der Waals surface area contributed by atoms with Gasteiger partial charge in [0.15, 0.2) is 0 Å². The number of benzene rings is 1. The molecule has 0 aliphatic carbocycles. The number of carbonyl (C=O) groups is 1. The fourth-order valence-electron chi connectivity index (χ4n) is 3.33. The number of hydrogen-bond donors (Lipinski definition) is 1. The van der Waals surface area contributed by atoms with Crippen LogP contribution >= 0.6 is 0 Å². The summed E-state index contributed by atoms with van der Waals surface area (Å²) in [6, 6.07) is 11.7. The van der Waals surface area contributed by atoms with Crippen LogP contribution in [0.5, 0.6) is 0 Å². The zero-order valence-electron chi connectivity index (χ0n) is 15.0. The molecule has 0 saturated carbocycles. The van der Waals surface area contributed by atoms with E-state index in [0.29, 0.717) is 19.0 Å². The quantitative estimate of drug-likeness (QED) is 0.753. The average molecular weight is 362 g/mol. The van der Waals surface area contributed by atoms with E-state index in [1.165, 1.54) is 0 Å². The van der Waals surface area contributed by atoms with Crippen LogP contribution in [0.1, 0.15) is 18.4 Å².